The van der Waals surface area contributed by atoms with Crippen LogP contribution in [0, 0.1) is 6.92 Å². The van der Waals surface area contributed by atoms with Crippen molar-refractivity contribution < 1.29 is 4.79 Å². The molecule has 4 rings (SSSR count). The van der Waals surface area contributed by atoms with Gasteiger partial charge in [0, 0.05) is 19.3 Å². The van der Waals surface area contributed by atoms with E-state index in [4.69, 9.17) is 0 Å². The zero-order chi connectivity index (χ0) is 19.0. The molecule has 0 saturated heterocycles. The molecule has 0 aliphatic heterocycles. The van der Waals surface area contributed by atoms with E-state index >= 15 is 0 Å². The molecule has 27 heavy (non-hydrogen) atoms. The molecule has 0 radical (unpaired) electrons. The monoisotopic (exact) mass is 423 g/mol. The Morgan fingerprint density at radius 3 is 2.67 bits per heavy atom. The van der Waals surface area contributed by atoms with Gasteiger partial charge in [-0.1, -0.05) is 42.5 Å². The predicted molar refractivity (Wildman–Crippen MR) is 109 cm³/mol. The third-order valence-electron chi connectivity index (χ3n) is 4.57. The lowest BCUT2D eigenvalue weighted by atomic mass is 10.0. The van der Waals surface area contributed by atoms with Crippen LogP contribution < -0.4 is 5.32 Å². The van der Waals surface area contributed by atoms with Crippen LogP contribution in [0.3, 0.4) is 0 Å². The number of hydrogen-bond donors (Lipinski definition) is 1. The number of amides is 1. The normalized spacial score (nSPS) is 11.1. The molecule has 4 aromatic rings. The fourth-order valence-corrected chi connectivity index (χ4v) is 3.54. The highest BCUT2D eigenvalue weighted by atomic mass is 79.9. The molecule has 2 heterocycles. The highest BCUT2D eigenvalue weighted by molar-refractivity contribution is 9.10. The van der Waals surface area contributed by atoms with E-state index in [-0.39, 0.29) is 5.91 Å². The van der Waals surface area contributed by atoms with Crippen LogP contribution >= 0.6 is 15.9 Å². The van der Waals surface area contributed by atoms with Gasteiger partial charge in [-0.05, 0) is 39.2 Å². The Morgan fingerprint density at radius 1 is 1.11 bits per heavy atom. The lowest BCUT2D eigenvalue weighted by Gasteiger charge is -2.07. The maximum Gasteiger partial charge on any atom is 0.278 e. The number of carbonyl (C=O) groups excluding carboxylic acids is 1. The summed E-state index contributed by atoms with van der Waals surface area (Å²) in [6.07, 6.45) is 1.86. The molecule has 6 nitrogen and oxygen atoms in total. The first-order valence-corrected chi connectivity index (χ1v) is 9.33. The molecule has 1 N–H and O–H groups in total. The Kier molecular flexibility index (Phi) is 4.53. The topological polar surface area (TPSA) is 64.7 Å². The molecule has 0 aliphatic carbocycles. The van der Waals surface area contributed by atoms with Crippen LogP contribution in [0.25, 0.3) is 10.8 Å². The number of carbonyl (C=O) groups is 1. The molecule has 0 bridgehead atoms. The van der Waals surface area contributed by atoms with Crippen LogP contribution in [-0.2, 0) is 13.6 Å². The number of rotatable bonds is 4. The van der Waals surface area contributed by atoms with Crippen LogP contribution in [0.2, 0.25) is 0 Å². The number of nitrogens with zero attached hydrogens (tertiary/aromatic N) is 4. The summed E-state index contributed by atoms with van der Waals surface area (Å²) < 4.78 is 4.17. The van der Waals surface area contributed by atoms with Gasteiger partial charge >= 0.3 is 0 Å². The Morgan fingerprint density at radius 2 is 1.89 bits per heavy atom. The van der Waals surface area contributed by atoms with Crippen molar-refractivity contribution in [3.8, 4) is 0 Å². The highest BCUT2D eigenvalue weighted by Gasteiger charge is 2.18. The zero-order valence-corrected chi connectivity index (χ0v) is 16.6. The van der Waals surface area contributed by atoms with Crippen molar-refractivity contribution in [2.24, 2.45) is 7.05 Å². The van der Waals surface area contributed by atoms with Gasteiger partial charge in [0.2, 0.25) is 0 Å². The van der Waals surface area contributed by atoms with Gasteiger partial charge in [0.05, 0.1) is 16.7 Å². The van der Waals surface area contributed by atoms with Crippen molar-refractivity contribution >= 4 is 38.4 Å². The van der Waals surface area contributed by atoms with Crippen LogP contribution in [0.4, 0.5) is 5.82 Å². The average Bonchev–Trinajstić information content (AvgIpc) is 3.21. The third kappa shape index (κ3) is 3.38. The van der Waals surface area contributed by atoms with E-state index in [0.29, 0.717) is 22.5 Å². The zero-order valence-electron chi connectivity index (χ0n) is 15.0. The largest absolute Gasteiger partial charge is 0.304 e. The molecular weight excluding hydrogens is 406 g/mol. The van der Waals surface area contributed by atoms with E-state index in [0.717, 1.165) is 5.69 Å². The van der Waals surface area contributed by atoms with E-state index in [1.165, 1.54) is 16.3 Å². The maximum absolute atomic E-state index is 12.5. The Balaban J connectivity index is 1.53. The maximum atomic E-state index is 12.5. The van der Waals surface area contributed by atoms with Crippen LogP contribution in [0.15, 0.2) is 59.2 Å². The fraction of sp³-hybridized carbons (Fsp3) is 0.150. The van der Waals surface area contributed by atoms with Crippen molar-refractivity contribution in [1.29, 1.82) is 0 Å². The molecule has 0 saturated carbocycles. The SMILES string of the molecule is Cc1c(Br)c(C(=O)Nc2ccn(Cc3cccc4ccccc34)n2)nn1C. The first-order chi connectivity index (χ1) is 13.0. The van der Waals surface area contributed by atoms with Crippen molar-refractivity contribution in [2.75, 3.05) is 5.32 Å². The molecular formula is C20H18BrN5O. The smallest absolute Gasteiger partial charge is 0.278 e. The van der Waals surface area contributed by atoms with E-state index in [1.54, 1.807) is 17.8 Å². The first kappa shape index (κ1) is 17.5. The van der Waals surface area contributed by atoms with Crippen LogP contribution in [-0.4, -0.2) is 25.5 Å². The summed E-state index contributed by atoms with van der Waals surface area (Å²) in [7, 11) is 1.80. The predicted octanol–water partition coefficient (Wildman–Crippen LogP) is 4.14. The number of halogens is 1. The minimum absolute atomic E-state index is 0.291. The summed E-state index contributed by atoms with van der Waals surface area (Å²) in [5, 5.41) is 13.9. The van der Waals surface area contributed by atoms with E-state index in [1.807, 2.05) is 36.0 Å². The van der Waals surface area contributed by atoms with E-state index in [2.05, 4.69) is 55.7 Å². The standard InChI is InChI=1S/C20H18BrN5O/c1-13-18(21)19(24-25(13)2)20(27)22-17-10-11-26(23-17)12-15-8-5-7-14-6-3-4-9-16(14)15/h3-11H,12H2,1-2H3,(H,22,23,27). The Bertz CT molecular complexity index is 1140. The summed E-state index contributed by atoms with van der Waals surface area (Å²) in [5.41, 5.74) is 2.41. The molecule has 0 fully saturated rings. The summed E-state index contributed by atoms with van der Waals surface area (Å²) in [4.78, 5) is 12.5. The molecule has 2 aromatic carbocycles. The van der Waals surface area contributed by atoms with Crippen LogP contribution in [0.5, 0.6) is 0 Å². The molecule has 0 unspecified atom stereocenters. The van der Waals surface area contributed by atoms with Crippen molar-refractivity contribution in [3.63, 3.8) is 0 Å². The molecule has 0 aliphatic rings. The Hall–Kier alpha value is -2.93. The van der Waals surface area contributed by atoms with E-state index in [9.17, 15) is 4.79 Å². The summed E-state index contributed by atoms with van der Waals surface area (Å²) >= 11 is 3.42. The number of hydrogen-bond acceptors (Lipinski definition) is 3. The second-order valence-corrected chi connectivity index (χ2v) is 7.16. The van der Waals surface area contributed by atoms with Gasteiger partial charge in [0.1, 0.15) is 0 Å². The van der Waals surface area contributed by atoms with Gasteiger partial charge in [-0.3, -0.25) is 14.2 Å². The fourth-order valence-electron chi connectivity index (χ4n) is 3.02. The second kappa shape index (κ2) is 7.00. The average molecular weight is 424 g/mol. The number of anilines is 1. The number of nitrogens with one attached hydrogen (secondary N) is 1. The van der Waals surface area contributed by atoms with Crippen molar-refractivity contribution in [2.45, 2.75) is 13.5 Å². The molecule has 1 amide bonds. The second-order valence-electron chi connectivity index (χ2n) is 6.36. The number of fused-ring (bicyclic) bond motifs is 1. The molecule has 0 spiro atoms. The minimum Gasteiger partial charge on any atom is -0.304 e. The van der Waals surface area contributed by atoms with Gasteiger partial charge in [-0.15, -0.1) is 0 Å². The number of aromatic nitrogens is 4. The Labute approximate surface area is 164 Å². The van der Waals surface area contributed by atoms with Crippen LogP contribution in [0.1, 0.15) is 21.7 Å². The van der Waals surface area contributed by atoms with Gasteiger partial charge in [-0.2, -0.15) is 10.2 Å². The lowest BCUT2D eigenvalue weighted by molar-refractivity contribution is 0.102. The molecule has 7 heteroatoms. The summed E-state index contributed by atoms with van der Waals surface area (Å²) in [5.74, 6) is 0.205. The van der Waals surface area contributed by atoms with Gasteiger partial charge in [0.25, 0.3) is 5.91 Å². The summed E-state index contributed by atoms with van der Waals surface area (Å²) in [6, 6.07) is 16.3. The minimum atomic E-state index is -0.291. The van der Waals surface area contributed by atoms with Gasteiger partial charge in [-0.25, -0.2) is 0 Å². The molecule has 0 atom stereocenters. The number of aryl methyl sites for hydroxylation is 1. The number of benzene rings is 2. The van der Waals surface area contributed by atoms with Crippen molar-refractivity contribution in [1.82, 2.24) is 19.6 Å². The van der Waals surface area contributed by atoms with E-state index < -0.39 is 0 Å². The summed E-state index contributed by atoms with van der Waals surface area (Å²) in [6.45, 7) is 2.52. The molecule has 2 aromatic heterocycles. The van der Waals surface area contributed by atoms with Gasteiger partial charge in [0.15, 0.2) is 11.5 Å². The lowest BCUT2D eigenvalue weighted by Crippen LogP contribution is -2.14. The third-order valence-corrected chi connectivity index (χ3v) is 5.52. The van der Waals surface area contributed by atoms with Crippen molar-refractivity contribution in [3.05, 3.63) is 76.2 Å². The first-order valence-electron chi connectivity index (χ1n) is 8.53. The highest BCUT2D eigenvalue weighted by Crippen LogP contribution is 2.22. The molecule has 136 valence electrons. The van der Waals surface area contributed by atoms with Gasteiger partial charge < -0.3 is 5.32 Å². The quantitative estimate of drug-likeness (QED) is 0.536.